The number of hydrogen-bond acceptors (Lipinski definition) is 4. The van der Waals surface area contributed by atoms with Gasteiger partial charge in [0.15, 0.2) is 5.78 Å². The third-order valence-corrected chi connectivity index (χ3v) is 4.52. The Kier molecular flexibility index (Phi) is 6.35. The monoisotopic (exact) mass is 415 g/mol. The fourth-order valence-electron chi connectivity index (χ4n) is 3.04. The van der Waals surface area contributed by atoms with E-state index in [0.29, 0.717) is 16.8 Å². The van der Waals surface area contributed by atoms with Gasteiger partial charge in [0.05, 0.1) is 11.3 Å². The van der Waals surface area contributed by atoms with E-state index in [-0.39, 0.29) is 11.3 Å². The van der Waals surface area contributed by atoms with Gasteiger partial charge in [-0.1, -0.05) is 48.5 Å². The van der Waals surface area contributed by atoms with Crippen LogP contribution in [0.1, 0.15) is 58.8 Å². The van der Waals surface area contributed by atoms with Crippen molar-refractivity contribution in [1.82, 2.24) is 0 Å². The molecule has 0 radical (unpaired) electrons. The Hall–Kier alpha value is -3.73. The SMILES string of the molecule is CC(=O)c1cccc(C(=O)Nc2cc(-c3ccccc3)ccc2C(=O)OC(C)(C)C)c1. The molecule has 0 bridgehead atoms. The summed E-state index contributed by atoms with van der Waals surface area (Å²) in [4.78, 5) is 37.4. The van der Waals surface area contributed by atoms with E-state index in [1.807, 2.05) is 36.4 Å². The van der Waals surface area contributed by atoms with Gasteiger partial charge in [-0.25, -0.2) is 4.79 Å². The van der Waals surface area contributed by atoms with Gasteiger partial charge in [0, 0.05) is 11.1 Å². The highest BCUT2D eigenvalue weighted by Gasteiger charge is 2.22. The average Bonchev–Trinajstić information content (AvgIpc) is 2.73. The average molecular weight is 415 g/mol. The summed E-state index contributed by atoms with van der Waals surface area (Å²) in [5.41, 5.74) is 2.49. The van der Waals surface area contributed by atoms with Crippen LogP contribution in [0.4, 0.5) is 5.69 Å². The van der Waals surface area contributed by atoms with Crippen molar-refractivity contribution in [2.45, 2.75) is 33.3 Å². The molecular weight excluding hydrogens is 390 g/mol. The Bertz CT molecular complexity index is 1130. The quantitative estimate of drug-likeness (QED) is 0.424. The third kappa shape index (κ3) is 5.66. The van der Waals surface area contributed by atoms with Gasteiger partial charge >= 0.3 is 5.97 Å². The van der Waals surface area contributed by atoms with Crippen molar-refractivity contribution in [3.8, 4) is 11.1 Å². The highest BCUT2D eigenvalue weighted by Crippen LogP contribution is 2.28. The summed E-state index contributed by atoms with van der Waals surface area (Å²) < 4.78 is 5.51. The summed E-state index contributed by atoms with van der Waals surface area (Å²) in [6.07, 6.45) is 0. The zero-order valence-corrected chi connectivity index (χ0v) is 18.1. The Morgan fingerprint density at radius 2 is 1.45 bits per heavy atom. The summed E-state index contributed by atoms with van der Waals surface area (Å²) >= 11 is 0. The van der Waals surface area contributed by atoms with E-state index >= 15 is 0 Å². The van der Waals surface area contributed by atoms with Gasteiger partial charge in [-0.2, -0.15) is 0 Å². The fourth-order valence-corrected chi connectivity index (χ4v) is 3.04. The molecule has 0 aliphatic rings. The molecule has 158 valence electrons. The second kappa shape index (κ2) is 8.96. The van der Waals surface area contributed by atoms with Gasteiger partial charge in [0.25, 0.3) is 5.91 Å². The van der Waals surface area contributed by atoms with Crippen molar-refractivity contribution in [2.75, 3.05) is 5.32 Å². The molecule has 1 amide bonds. The minimum absolute atomic E-state index is 0.129. The maximum atomic E-state index is 12.9. The van der Waals surface area contributed by atoms with Crippen molar-refractivity contribution < 1.29 is 19.1 Å². The lowest BCUT2D eigenvalue weighted by atomic mass is 10.0. The minimum Gasteiger partial charge on any atom is -0.456 e. The third-order valence-electron chi connectivity index (χ3n) is 4.52. The zero-order valence-electron chi connectivity index (χ0n) is 18.1. The first-order valence-electron chi connectivity index (χ1n) is 9.99. The first kappa shape index (κ1) is 22.0. The number of carbonyl (C=O) groups is 3. The van der Waals surface area contributed by atoms with Crippen LogP contribution in [0.15, 0.2) is 72.8 Å². The molecule has 1 N–H and O–H groups in total. The molecular formula is C26H25NO4. The highest BCUT2D eigenvalue weighted by molar-refractivity contribution is 6.09. The van der Waals surface area contributed by atoms with Gasteiger partial charge in [0.1, 0.15) is 5.60 Å². The number of benzene rings is 3. The molecule has 0 saturated heterocycles. The van der Waals surface area contributed by atoms with Crippen LogP contribution >= 0.6 is 0 Å². The Morgan fingerprint density at radius 3 is 2.10 bits per heavy atom. The molecule has 3 rings (SSSR count). The number of ketones is 1. The molecule has 0 heterocycles. The summed E-state index contributed by atoms with van der Waals surface area (Å²) in [7, 11) is 0. The maximum Gasteiger partial charge on any atom is 0.340 e. The normalized spacial score (nSPS) is 11.0. The van der Waals surface area contributed by atoms with Crippen LogP contribution in [-0.2, 0) is 4.74 Å². The van der Waals surface area contributed by atoms with Crippen LogP contribution in [0.3, 0.4) is 0 Å². The first-order chi connectivity index (χ1) is 14.6. The van der Waals surface area contributed by atoms with Crippen molar-refractivity contribution >= 4 is 23.3 Å². The number of ether oxygens (including phenoxy) is 1. The van der Waals surface area contributed by atoms with Crippen LogP contribution in [0.2, 0.25) is 0 Å². The molecule has 0 fully saturated rings. The van der Waals surface area contributed by atoms with Crippen LogP contribution in [-0.4, -0.2) is 23.3 Å². The summed E-state index contributed by atoms with van der Waals surface area (Å²) in [6, 6.07) is 21.3. The molecule has 0 unspecified atom stereocenters. The van der Waals surface area contributed by atoms with E-state index in [1.165, 1.54) is 13.0 Å². The lowest BCUT2D eigenvalue weighted by molar-refractivity contribution is 0.00707. The number of amides is 1. The van der Waals surface area contributed by atoms with E-state index in [9.17, 15) is 14.4 Å². The molecule has 3 aromatic rings. The van der Waals surface area contributed by atoms with E-state index in [2.05, 4.69) is 5.32 Å². The molecule has 0 aliphatic heterocycles. The van der Waals surface area contributed by atoms with Crippen molar-refractivity contribution in [3.63, 3.8) is 0 Å². The maximum absolute atomic E-state index is 12.9. The van der Waals surface area contributed by atoms with Crippen molar-refractivity contribution in [2.24, 2.45) is 0 Å². The molecule has 5 heteroatoms. The predicted molar refractivity (Wildman–Crippen MR) is 121 cm³/mol. The van der Waals surface area contributed by atoms with Gasteiger partial charge in [-0.05, 0) is 63.1 Å². The van der Waals surface area contributed by atoms with Crippen molar-refractivity contribution in [3.05, 3.63) is 89.5 Å². The summed E-state index contributed by atoms with van der Waals surface area (Å²) in [5, 5.41) is 2.82. The number of Topliss-reactive ketones (excluding diaryl/α,β-unsaturated/α-hetero) is 1. The largest absolute Gasteiger partial charge is 0.456 e. The lowest BCUT2D eigenvalue weighted by Gasteiger charge is -2.21. The molecule has 0 saturated carbocycles. The van der Waals surface area contributed by atoms with Crippen LogP contribution < -0.4 is 5.32 Å². The Labute approximate surface area is 182 Å². The van der Waals surface area contributed by atoms with Gasteiger partial charge in [0.2, 0.25) is 0 Å². The zero-order chi connectivity index (χ0) is 22.6. The Morgan fingerprint density at radius 1 is 0.774 bits per heavy atom. The first-order valence-corrected chi connectivity index (χ1v) is 9.99. The smallest absolute Gasteiger partial charge is 0.340 e. The summed E-state index contributed by atoms with van der Waals surface area (Å²) in [5.74, 6) is -1.08. The van der Waals surface area contributed by atoms with E-state index in [4.69, 9.17) is 4.74 Å². The topological polar surface area (TPSA) is 72.5 Å². The van der Waals surface area contributed by atoms with E-state index in [0.717, 1.165) is 11.1 Å². The van der Waals surface area contributed by atoms with Gasteiger partial charge in [-0.15, -0.1) is 0 Å². The van der Waals surface area contributed by atoms with Crippen LogP contribution in [0.5, 0.6) is 0 Å². The molecule has 0 atom stereocenters. The summed E-state index contributed by atoms with van der Waals surface area (Å²) in [6.45, 7) is 6.80. The van der Waals surface area contributed by atoms with Gasteiger partial charge < -0.3 is 10.1 Å². The lowest BCUT2D eigenvalue weighted by Crippen LogP contribution is -2.25. The second-order valence-corrected chi connectivity index (χ2v) is 8.22. The minimum atomic E-state index is -0.674. The van der Waals surface area contributed by atoms with Crippen molar-refractivity contribution in [1.29, 1.82) is 0 Å². The number of carbonyl (C=O) groups excluding carboxylic acids is 3. The number of rotatable bonds is 5. The molecule has 0 aromatic heterocycles. The molecule has 5 nitrogen and oxygen atoms in total. The number of hydrogen-bond donors (Lipinski definition) is 1. The number of nitrogens with one attached hydrogen (secondary N) is 1. The Balaban J connectivity index is 2.00. The van der Waals surface area contributed by atoms with Crippen LogP contribution in [0.25, 0.3) is 11.1 Å². The highest BCUT2D eigenvalue weighted by atomic mass is 16.6. The number of anilines is 1. The predicted octanol–water partition coefficient (Wildman–Crippen LogP) is 5.76. The second-order valence-electron chi connectivity index (χ2n) is 8.22. The van der Waals surface area contributed by atoms with Crippen LogP contribution in [0, 0.1) is 0 Å². The molecule has 0 spiro atoms. The van der Waals surface area contributed by atoms with Gasteiger partial charge in [-0.3, -0.25) is 9.59 Å². The standard InChI is InChI=1S/C26H25NO4/c1-17(28)19-11-8-12-21(15-19)24(29)27-23-16-20(18-9-6-5-7-10-18)13-14-22(23)25(30)31-26(2,3)4/h5-16H,1-4H3,(H,27,29). The van der Waals surface area contributed by atoms with E-state index in [1.54, 1.807) is 51.1 Å². The van der Waals surface area contributed by atoms with E-state index < -0.39 is 17.5 Å². The fraction of sp³-hybridized carbons (Fsp3) is 0.192. The molecule has 31 heavy (non-hydrogen) atoms. The number of esters is 1. The molecule has 0 aliphatic carbocycles. The molecule has 3 aromatic carbocycles.